The van der Waals surface area contributed by atoms with Gasteiger partial charge in [-0.05, 0) is 20.8 Å². The van der Waals surface area contributed by atoms with Crippen LogP contribution in [0.4, 0.5) is 0 Å². The molecule has 0 aliphatic rings. The third-order valence-electron chi connectivity index (χ3n) is 1.81. The highest BCUT2D eigenvalue weighted by atomic mass is 35.5. The number of hydrogen-bond donors (Lipinski definition) is 2. The summed E-state index contributed by atoms with van der Waals surface area (Å²) in [5, 5.41) is 12.4. The first-order valence-electron chi connectivity index (χ1n) is 3.69. The van der Waals surface area contributed by atoms with Gasteiger partial charge in [-0.3, -0.25) is 0 Å². The highest BCUT2D eigenvalue weighted by Gasteiger charge is 2.21. The highest BCUT2D eigenvalue weighted by Crippen LogP contribution is 2.07. The zero-order valence-electron chi connectivity index (χ0n) is 7.26. The van der Waals surface area contributed by atoms with Crippen molar-refractivity contribution in [3.8, 4) is 0 Å². The van der Waals surface area contributed by atoms with Gasteiger partial charge in [0.25, 0.3) is 0 Å². The summed E-state index contributed by atoms with van der Waals surface area (Å²) in [6.45, 7) is 6.33. The normalized spacial score (nSPS) is 15.7. The van der Waals surface area contributed by atoms with Crippen LogP contribution in [0.3, 0.4) is 0 Å². The molecule has 0 aliphatic carbocycles. The molecule has 0 saturated carbocycles. The van der Waals surface area contributed by atoms with Gasteiger partial charge < -0.3 is 10.4 Å². The first-order valence-corrected chi connectivity index (χ1v) is 4.12. The summed E-state index contributed by atoms with van der Waals surface area (Å²) in [4.78, 5) is 0. The van der Waals surface area contributed by atoms with Crippen molar-refractivity contribution in [1.29, 1.82) is 0 Å². The number of halogens is 1. The molecule has 0 aliphatic heterocycles. The summed E-state index contributed by atoms with van der Waals surface area (Å²) in [5.41, 5.74) is 1.21. The number of aliphatic hydroxyl groups excluding tert-OH is 1. The van der Waals surface area contributed by atoms with E-state index in [2.05, 4.69) is 5.32 Å². The van der Waals surface area contributed by atoms with Gasteiger partial charge in [0.1, 0.15) is 0 Å². The fourth-order valence-corrected chi connectivity index (χ4v) is 0.603. The van der Waals surface area contributed by atoms with E-state index in [4.69, 9.17) is 11.6 Å². The molecule has 0 aromatic heterocycles. The van der Waals surface area contributed by atoms with E-state index in [0.29, 0.717) is 6.54 Å². The van der Waals surface area contributed by atoms with Gasteiger partial charge in [0, 0.05) is 17.6 Å². The molecule has 1 atom stereocenters. The van der Waals surface area contributed by atoms with Gasteiger partial charge in [-0.25, -0.2) is 0 Å². The molecule has 3 heteroatoms. The molecule has 0 amide bonds. The van der Waals surface area contributed by atoms with Crippen LogP contribution >= 0.6 is 11.6 Å². The summed E-state index contributed by atoms with van der Waals surface area (Å²) >= 11 is 5.33. The van der Waals surface area contributed by atoms with E-state index in [1.54, 1.807) is 13.0 Å². The Morgan fingerprint density at radius 2 is 2.18 bits per heavy atom. The molecule has 0 aromatic carbocycles. The van der Waals surface area contributed by atoms with E-state index in [0.717, 1.165) is 0 Å². The average molecular weight is 178 g/mol. The fourth-order valence-electron chi connectivity index (χ4n) is 0.514. The minimum Gasteiger partial charge on any atom is -0.392 e. The lowest BCUT2D eigenvalue weighted by atomic mass is 9.99. The van der Waals surface area contributed by atoms with Crippen LogP contribution in [0.1, 0.15) is 20.8 Å². The second-order valence-corrected chi connectivity index (χ2v) is 3.39. The quantitative estimate of drug-likeness (QED) is 0.682. The molecule has 0 heterocycles. The molecule has 2 nitrogen and oxygen atoms in total. The fraction of sp³-hybridized carbons (Fsp3) is 0.750. The Morgan fingerprint density at radius 3 is 2.55 bits per heavy atom. The lowest BCUT2D eigenvalue weighted by Crippen LogP contribution is -2.48. The lowest BCUT2D eigenvalue weighted by molar-refractivity contribution is 0.0994. The third kappa shape index (κ3) is 4.40. The predicted molar refractivity (Wildman–Crippen MR) is 48.8 cm³/mol. The maximum atomic E-state index is 9.26. The molecular formula is C8H16ClNO. The second-order valence-electron chi connectivity index (χ2n) is 3.14. The summed E-state index contributed by atoms with van der Waals surface area (Å²) in [5.74, 6) is 0. The van der Waals surface area contributed by atoms with E-state index in [9.17, 15) is 5.11 Å². The van der Waals surface area contributed by atoms with Crippen LogP contribution in [0.25, 0.3) is 0 Å². The van der Waals surface area contributed by atoms with Gasteiger partial charge in [-0.15, -0.1) is 0 Å². The number of hydrogen-bond acceptors (Lipinski definition) is 2. The van der Waals surface area contributed by atoms with Gasteiger partial charge in [0.15, 0.2) is 0 Å². The number of nitrogens with one attached hydrogen (secondary N) is 1. The van der Waals surface area contributed by atoms with Crippen molar-refractivity contribution in [3.05, 3.63) is 11.6 Å². The molecule has 0 saturated heterocycles. The molecule has 2 N–H and O–H groups in total. The molecule has 0 fully saturated rings. The summed E-state index contributed by atoms with van der Waals surface area (Å²) in [7, 11) is 0. The molecule has 0 radical (unpaired) electrons. The van der Waals surface area contributed by atoms with Crippen molar-refractivity contribution in [1.82, 2.24) is 5.32 Å². The van der Waals surface area contributed by atoms with E-state index in [1.165, 1.54) is 5.54 Å². The van der Waals surface area contributed by atoms with Crippen LogP contribution in [0, 0.1) is 0 Å². The Kier molecular flexibility index (Phi) is 4.73. The minimum atomic E-state index is -0.369. The van der Waals surface area contributed by atoms with Gasteiger partial charge in [0.2, 0.25) is 0 Å². The van der Waals surface area contributed by atoms with Crippen molar-refractivity contribution < 1.29 is 5.11 Å². The Hall–Kier alpha value is -0.0500. The monoisotopic (exact) mass is 177 g/mol. The summed E-state index contributed by atoms with van der Waals surface area (Å²) in [6.07, 6.45) is 1.43. The SMILES string of the molecule is CC(O)C(C)(C)NC/C=C/Cl. The van der Waals surface area contributed by atoms with Gasteiger partial charge in [0.05, 0.1) is 6.10 Å². The molecular weight excluding hydrogens is 162 g/mol. The zero-order valence-corrected chi connectivity index (χ0v) is 8.02. The molecule has 11 heavy (non-hydrogen) atoms. The minimum absolute atomic E-state index is 0.254. The molecule has 0 bridgehead atoms. The maximum Gasteiger partial charge on any atom is 0.0688 e. The van der Waals surface area contributed by atoms with Gasteiger partial charge in [-0.2, -0.15) is 0 Å². The van der Waals surface area contributed by atoms with Crippen LogP contribution in [-0.4, -0.2) is 23.3 Å². The Balaban J connectivity index is 3.73. The van der Waals surface area contributed by atoms with Crippen LogP contribution in [-0.2, 0) is 0 Å². The predicted octanol–water partition coefficient (Wildman–Crippen LogP) is 1.49. The Bertz CT molecular complexity index is 132. The van der Waals surface area contributed by atoms with E-state index >= 15 is 0 Å². The molecule has 66 valence electrons. The first-order chi connectivity index (χ1) is 5.00. The van der Waals surface area contributed by atoms with Crippen molar-refractivity contribution in [2.24, 2.45) is 0 Å². The van der Waals surface area contributed by atoms with E-state index in [1.807, 2.05) is 13.8 Å². The van der Waals surface area contributed by atoms with Gasteiger partial charge >= 0.3 is 0 Å². The first kappa shape index (κ1) is 11.0. The Labute approximate surface area is 73.3 Å². The van der Waals surface area contributed by atoms with Gasteiger partial charge in [-0.1, -0.05) is 17.7 Å². The van der Waals surface area contributed by atoms with Crippen LogP contribution in [0.2, 0.25) is 0 Å². The maximum absolute atomic E-state index is 9.26. The average Bonchev–Trinajstić information content (AvgIpc) is 1.88. The van der Waals surface area contributed by atoms with Crippen molar-refractivity contribution >= 4 is 11.6 Å². The van der Waals surface area contributed by atoms with Crippen LogP contribution in [0.15, 0.2) is 11.6 Å². The van der Waals surface area contributed by atoms with Crippen molar-refractivity contribution in [2.45, 2.75) is 32.4 Å². The Morgan fingerprint density at radius 1 is 1.64 bits per heavy atom. The second kappa shape index (κ2) is 4.75. The van der Waals surface area contributed by atoms with Crippen LogP contribution < -0.4 is 5.32 Å². The number of rotatable bonds is 4. The largest absolute Gasteiger partial charge is 0.392 e. The zero-order chi connectivity index (χ0) is 8.91. The topological polar surface area (TPSA) is 32.3 Å². The molecule has 0 aromatic rings. The third-order valence-corrected chi connectivity index (χ3v) is 1.99. The van der Waals surface area contributed by atoms with E-state index in [-0.39, 0.29) is 11.6 Å². The summed E-state index contributed by atoms with van der Waals surface area (Å²) < 4.78 is 0. The van der Waals surface area contributed by atoms with Crippen LogP contribution in [0.5, 0.6) is 0 Å². The molecule has 1 unspecified atom stereocenters. The van der Waals surface area contributed by atoms with Crippen molar-refractivity contribution in [2.75, 3.05) is 6.54 Å². The number of aliphatic hydroxyl groups is 1. The smallest absolute Gasteiger partial charge is 0.0688 e. The standard InChI is InChI=1S/C8H16ClNO/c1-7(11)8(2,3)10-6-4-5-9/h4-5,7,10-11H,6H2,1-3H3/b5-4+. The summed E-state index contributed by atoms with van der Waals surface area (Å²) in [6, 6.07) is 0. The lowest BCUT2D eigenvalue weighted by Gasteiger charge is -2.28. The highest BCUT2D eigenvalue weighted by molar-refractivity contribution is 6.25. The molecule has 0 rings (SSSR count). The molecule has 0 spiro atoms. The van der Waals surface area contributed by atoms with Crippen molar-refractivity contribution in [3.63, 3.8) is 0 Å². The van der Waals surface area contributed by atoms with E-state index < -0.39 is 0 Å².